The number of oxazole rings is 1. The van der Waals surface area contributed by atoms with Crippen molar-refractivity contribution in [1.29, 1.82) is 0 Å². The average molecular weight is 431 g/mol. The van der Waals surface area contributed by atoms with E-state index >= 15 is 0 Å². The number of hydrogen-bond donors (Lipinski definition) is 0. The number of aromatic nitrogens is 6. The number of halogens is 1. The summed E-state index contributed by atoms with van der Waals surface area (Å²) in [5.74, 6) is 2.63. The van der Waals surface area contributed by atoms with Crippen molar-refractivity contribution in [1.82, 2.24) is 29.3 Å². The number of hydrogen-bond acceptors (Lipinski definition) is 6. The first kappa shape index (κ1) is 17.9. The maximum absolute atomic E-state index is 6.33. The Kier molecular flexibility index (Phi) is 4.10. The molecule has 3 aromatic heterocycles. The van der Waals surface area contributed by atoms with Crippen LogP contribution in [-0.2, 0) is 13.2 Å². The van der Waals surface area contributed by atoms with E-state index in [1.807, 2.05) is 57.7 Å². The zero-order chi connectivity index (χ0) is 20.8. The lowest BCUT2D eigenvalue weighted by molar-refractivity contribution is 0.290. The largest absolute Gasteiger partial charge is 0.486 e. The number of imidazole rings is 1. The van der Waals surface area contributed by atoms with Gasteiger partial charge in [0.05, 0.1) is 24.1 Å². The zero-order valence-corrected chi connectivity index (χ0v) is 16.9. The Morgan fingerprint density at radius 1 is 1.06 bits per heavy atom. The number of rotatable bonds is 4. The molecule has 1 aliphatic heterocycles. The van der Waals surface area contributed by atoms with Gasteiger partial charge in [-0.3, -0.25) is 4.57 Å². The molecule has 0 amide bonds. The predicted octanol–water partition coefficient (Wildman–Crippen LogP) is 4.38. The van der Waals surface area contributed by atoms with E-state index in [2.05, 4.69) is 20.2 Å². The quantitative estimate of drug-likeness (QED) is 0.412. The molecule has 9 heteroatoms. The minimum atomic E-state index is 0.273. The van der Waals surface area contributed by atoms with Crippen molar-refractivity contribution < 1.29 is 9.15 Å². The molecule has 2 aromatic carbocycles. The Bertz CT molecular complexity index is 1370. The van der Waals surface area contributed by atoms with Crippen LogP contribution in [0.15, 0.2) is 71.7 Å². The first-order chi connectivity index (χ1) is 15.3. The van der Waals surface area contributed by atoms with E-state index in [-0.39, 0.29) is 6.61 Å². The number of benzene rings is 2. The molecule has 0 unspecified atom stereocenters. The normalized spacial score (nSPS) is 12.0. The van der Waals surface area contributed by atoms with Crippen molar-refractivity contribution in [2.24, 2.45) is 0 Å². The minimum absolute atomic E-state index is 0.273. The lowest BCUT2D eigenvalue weighted by atomic mass is 10.1. The van der Waals surface area contributed by atoms with Gasteiger partial charge in [-0.15, -0.1) is 10.2 Å². The van der Waals surface area contributed by atoms with Gasteiger partial charge in [0.1, 0.15) is 30.6 Å². The van der Waals surface area contributed by atoms with Crippen molar-refractivity contribution in [3.8, 4) is 34.4 Å². The molecule has 0 radical (unpaired) electrons. The van der Waals surface area contributed by atoms with Crippen molar-refractivity contribution in [3.63, 3.8) is 0 Å². The van der Waals surface area contributed by atoms with Crippen LogP contribution in [0.1, 0.15) is 11.5 Å². The second-order valence-electron chi connectivity index (χ2n) is 7.04. The third-order valence-electron chi connectivity index (χ3n) is 5.21. The van der Waals surface area contributed by atoms with Gasteiger partial charge in [-0.05, 0) is 30.3 Å². The molecule has 0 spiro atoms. The van der Waals surface area contributed by atoms with Gasteiger partial charge >= 0.3 is 0 Å². The van der Waals surface area contributed by atoms with Crippen LogP contribution < -0.4 is 4.74 Å². The van der Waals surface area contributed by atoms with Crippen molar-refractivity contribution >= 4 is 11.6 Å². The van der Waals surface area contributed by atoms with Gasteiger partial charge in [-0.1, -0.05) is 29.8 Å². The molecule has 6 rings (SSSR count). The fraction of sp³-hybridized carbons (Fsp3) is 0.0909. The van der Waals surface area contributed by atoms with Gasteiger partial charge < -0.3 is 13.7 Å². The molecule has 4 heterocycles. The Labute approximate surface area is 181 Å². The zero-order valence-electron chi connectivity index (χ0n) is 16.1. The summed E-state index contributed by atoms with van der Waals surface area (Å²) >= 11 is 6.33. The highest BCUT2D eigenvalue weighted by molar-refractivity contribution is 6.31. The van der Waals surface area contributed by atoms with E-state index in [0.717, 1.165) is 22.7 Å². The van der Waals surface area contributed by atoms with E-state index in [1.54, 1.807) is 12.5 Å². The number of nitrogens with zero attached hydrogens (tertiary/aromatic N) is 6. The summed E-state index contributed by atoms with van der Waals surface area (Å²) in [5.41, 5.74) is 3.35. The Hall–Kier alpha value is -3.91. The maximum Gasteiger partial charge on any atom is 0.246 e. The van der Waals surface area contributed by atoms with E-state index < -0.39 is 0 Å². The molecule has 152 valence electrons. The first-order valence-electron chi connectivity index (χ1n) is 9.64. The molecule has 0 saturated heterocycles. The molecule has 1 aliphatic rings. The molecular formula is C22H15ClN6O2. The summed E-state index contributed by atoms with van der Waals surface area (Å²) in [5, 5.41) is 9.49. The smallest absolute Gasteiger partial charge is 0.246 e. The topological polar surface area (TPSA) is 83.8 Å². The van der Waals surface area contributed by atoms with Gasteiger partial charge in [0.25, 0.3) is 0 Å². The average Bonchev–Trinajstić information content (AvgIpc) is 3.52. The minimum Gasteiger partial charge on any atom is -0.486 e. The first-order valence-corrected chi connectivity index (χ1v) is 10.0. The van der Waals surface area contributed by atoms with Crippen LogP contribution in [0.5, 0.6) is 5.75 Å². The van der Waals surface area contributed by atoms with Crippen LogP contribution in [0.4, 0.5) is 0 Å². The maximum atomic E-state index is 6.33. The van der Waals surface area contributed by atoms with Crippen molar-refractivity contribution in [2.45, 2.75) is 13.2 Å². The monoisotopic (exact) mass is 430 g/mol. The van der Waals surface area contributed by atoms with Crippen LogP contribution in [0, 0.1) is 0 Å². The predicted molar refractivity (Wildman–Crippen MR) is 113 cm³/mol. The Morgan fingerprint density at radius 3 is 2.81 bits per heavy atom. The summed E-state index contributed by atoms with van der Waals surface area (Å²) in [7, 11) is 0. The van der Waals surface area contributed by atoms with Gasteiger partial charge in [0.2, 0.25) is 5.89 Å². The molecule has 0 fully saturated rings. The van der Waals surface area contributed by atoms with E-state index in [9.17, 15) is 0 Å². The molecule has 0 saturated carbocycles. The van der Waals surface area contributed by atoms with Gasteiger partial charge in [-0.2, -0.15) is 0 Å². The van der Waals surface area contributed by atoms with E-state index in [1.165, 1.54) is 6.26 Å². The van der Waals surface area contributed by atoms with Gasteiger partial charge in [0.15, 0.2) is 11.6 Å². The molecule has 31 heavy (non-hydrogen) atoms. The van der Waals surface area contributed by atoms with Crippen LogP contribution in [0.25, 0.3) is 28.7 Å². The highest BCUT2D eigenvalue weighted by Crippen LogP contribution is 2.36. The summed E-state index contributed by atoms with van der Waals surface area (Å²) < 4.78 is 15.5. The number of fused-ring (bicyclic) bond motifs is 5. The molecule has 0 aliphatic carbocycles. The highest BCUT2D eigenvalue weighted by Gasteiger charge is 2.27. The second kappa shape index (κ2) is 7.10. The van der Waals surface area contributed by atoms with Crippen LogP contribution in [-0.4, -0.2) is 29.3 Å². The summed E-state index contributed by atoms with van der Waals surface area (Å²) in [4.78, 5) is 8.85. The third-order valence-corrected chi connectivity index (χ3v) is 5.44. The molecule has 0 atom stereocenters. The lowest BCUT2D eigenvalue weighted by Gasteiger charge is -2.10. The van der Waals surface area contributed by atoms with Crippen molar-refractivity contribution in [3.05, 3.63) is 83.9 Å². The number of para-hydroxylation sites is 1. The van der Waals surface area contributed by atoms with Crippen molar-refractivity contribution in [2.75, 3.05) is 0 Å². The molecule has 0 bridgehead atoms. The summed E-state index contributed by atoms with van der Waals surface area (Å²) in [6.45, 7) is 0.745. The molecule has 8 nitrogen and oxygen atoms in total. The molecule has 5 aromatic rings. The Morgan fingerprint density at radius 2 is 1.97 bits per heavy atom. The van der Waals surface area contributed by atoms with Gasteiger partial charge in [0, 0.05) is 10.6 Å². The Balaban J connectivity index is 1.49. The number of ether oxygens (including phenoxy) is 1. The van der Waals surface area contributed by atoms with E-state index in [4.69, 9.17) is 20.8 Å². The van der Waals surface area contributed by atoms with Crippen LogP contribution in [0.3, 0.4) is 0 Å². The fourth-order valence-corrected chi connectivity index (χ4v) is 3.94. The summed E-state index contributed by atoms with van der Waals surface area (Å²) in [6, 6.07) is 15.3. The van der Waals surface area contributed by atoms with Gasteiger partial charge in [-0.25, -0.2) is 9.97 Å². The fourth-order valence-electron chi connectivity index (χ4n) is 3.77. The molecular weight excluding hydrogens is 416 g/mol. The lowest BCUT2D eigenvalue weighted by Crippen LogP contribution is -2.10. The highest BCUT2D eigenvalue weighted by atomic mass is 35.5. The third kappa shape index (κ3) is 3.00. The second-order valence-corrected chi connectivity index (χ2v) is 7.47. The standard InChI is InChI=1S/C22H15ClN6O2/c23-14-6-7-17-16(10-14)21-27-26-19(12-31-15-4-2-1-3-5-15)28(21)11-18-20(25-13-29(17)18)22-24-8-9-30-22/h1-10,13H,11-12H2. The van der Waals surface area contributed by atoms with Crippen LogP contribution >= 0.6 is 11.6 Å². The SMILES string of the molecule is Clc1ccc2c(c1)-c1nnc(COc3ccccc3)n1Cc1c(-c3ncco3)ncn1-2. The van der Waals surface area contributed by atoms with E-state index in [0.29, 0.717) is 34.8 Å². The molecule has 0 N–H and O–H groups in total. The van der Waals surface area contributed by atoms with Crippen LogP contribution in [0.2, 0.25) is 5.02 Å². The summed E-state index contributed by atoms with van der Waals surface area (Å²) in [6.07, 6.45) is 4.91.